The van der Waals surface area contributed by atoms with Gasteiger partial charge in [0.05, 0.1) is 23.9 Å². The van der Waals surface area contributed by atoms with Gasteiger partial charge >= 0.3 is 0 Å². The standard InChI is InChI=1S/C20H22Cl2N2O5S/c1-12-8-17(18(28-2)10-16(12)22)24-20(25)13-5-6-15(21)19(9-13)30(26,27)23-11-14-4-3-7-29-14/h5-6,8-10,14,23H,3-4,7,11H2,1-2H3,(H,24,25). The van der Waals surface area contributed by atoms with Crippen LogP contribution in [0.4, 0.5) is 5.69 Å². The summed E-state index contributed by atoms with van der Waals surface area (Å²) in [5.41, 5.74) is 1.30. The summed E-state index contributed by atoms with van der Waals surface area (Å²) in [4.78, 5) is 12.6. The Morgan fingerprint density at radius 2 is 2.00 bits per heavy atom. The first-order chi connectivity index (χ1) is 14.2. The predicted octanol–water partition coefficient (Wildman–Crippen LogP) is 4.02. The number of nitrogens with one attached hydrogen (secondary N) is 2. The van der Waals surface area contributed by atoms with Gasteiger partial charge in [0, 0.05) is 29.8 Å². The summed E-state index contributed by atoms with van der Waals surface area (Å²) in [6, 6.07) is 7.34. The summed E-state index contributed by atoms with van der Waals surface area (Å²) >= 11 is 12.2. The number of methoxy groups -OCH3 is 1. The van der Waals surface area contributed by atoms with Gasteiger partial charge in [-0.1, -0.05) is 23.2 Å². The van der Waals surface area contributed by atoms with Crippen LogP contribution in [0.2, 0.25) is 10.0 Å². The van der Waals surface area contributed by atoms with Gasteiger partial charge in [-0.25, -0.2) is 13.1 Å². The molecule has 1 saturated heterocycles. The summed E-state index contributed by atoms with van der Waals surface area (Å²) in [6.45, 7) is 2.57. The highest BCUT2D eigenvalue weighted by Crippen LogP contribution is 2.31. The maximum absolute atomic E-state index is 12.8. The molecular weight excluding hydrogens is 451 g/mol. The van der Waals surface area contributed by atoms with Gasteiger partial charge in [-0.3, -0.25) is 4.79 Å². The molecular formula is C20H22Cl2N2O5S. The van der Waals surface area contributed by atoms with Crippen LogP contribution in [-0.2, 0) is 14.8 Å². The molecule has 2 aromatic carbocycles. The van der Waals surface area contributed by atoms with Crippen molar-refractivity contribution in [1.29, 1.82) is 0 Å². The van der Waals surface area contributed by atoms with Gasteiger partial charge in [0.25, 0.3) is 5.91 Å². The zero-order valence-electron chi connectivity index (χ0n) is 16.5. The molecule has 7 nitrogen and oxygen atoms in total. The molecule has 1 unspecified atom stereocenters. The van der Waals surface area contributed by atoms with Crippen LogP contribution in [0.1, 0.15) is 28.8 Å². The van der Waals surface area contributed by atoms with Crippen LogP contribution in [0.3, 0.4) is 0 Å². The fourth-order valence-electron chi connectivity index (χ4n) is 3.06. The number of aryl methyl sites for hydroxylation is 1. The molecule has 1 fully saturated rings. The molecule has 0 aromatic heterocycles. The van der Waals surface area contributed by atoms with Crippen molar-refractivity contribution in [1.82, 2.24) is 4.72 Å². The molecule has 3 rings (SSSR count). The first-order valence-corrected chi connectivity index (χ1v) is 11.5. The van der Waals surface area contributed by atoms with E-state index in [1.165, 1.54) is 25.3 Å². The highest BCUT2D eigenvalue weighted by molar-refractivity contribution is 7.89. The quantitative estimate of drug-likeness (QED) is 0.634. The van der Waals surface area contributed by atoms with E-state index in [1.54, 1.807) is 19.1 Å². The lowest BCUT2D eigenvalue weighted by Crippen LogP contribution is -2.32. The molecule has 1 aliphatic rings. The van der Waals surface area contributed by atoms with E-state index < -0.39 is 15.9 Å². The van der Waals surface area contributed by atoms with Crippen molar-refractivity contribution in [2.45, 2.75) is 30.8 Å². The largest absolute Gasteiger partial charge is 0.495 e. The zero-order valence-corrected chi connectivity index (χ0v) is 18.8. The van der Waals surface area contributed by atoms with Crippen LogP contribution < -0.4 is 14.8 Å². The molecule has 2 aromatic rings. The van der Waals surface area contributed by atoms with E-state index >= 15 is 0 Å². The third kappa shape index (κ3) is 5.25. The molecule has 0 spiro atoms. The number of carbonyl (C=O) groups is 1. The van der Waals surface area contributed by atoms with Crippen molar-refractivity contribution < 1.29 is 22.7 Å². The summed E-state index contributed by atoms with van der Waals surface area (Å²) in [5.74, 6) is -0.124. The predicted molar refractivity (Wildman–Crippen MR) is 116 cm³/mol. The van der Waals surface area contributed by atoms with Crippen molar-refractivity contribution in [2.75, 3.05) is 25.6 Å². The lowest BCUT2D eigenvalue weighted by molar-refractivity contribution is 0.102. The van der Waals surface area contributed by atoms with Gasteiger partial charge in [0.15, 0.2) is 0 Å². The lowest BCUT2D eigenvalue weighted by Gasteiger charge is -2.14. The number of rotatable bonds is 7. The van der Waals surface area contributed by atoms with Gasteiger partial charge in [-0.2, -0.15) is 0 Å². The number of ether oxygens (including phenoxy) is 2. The molecule has 1 aliphatic heterocycles. The van der Waals surface area contributed by atoms with Crippen molar-refractivity contribution in [3.63, 3.8) is 0 Å². The number of sulfonamides is 1. The van der Waals surface area contributed by atoms with Crippen molar-refractivity contribution in [3.05, 3.63) is 51.5 Å². The van der Waals surface area contributed by atoms with Gasteiger partial charge in [-0.15, -0.1) is 0 Å². The van der Waals surface area contributed by atoms with Gasteiger partial charge in [0.1, 0.15) is 10.6 Å². The highest BCUT2D eigenvalue weighted by Gasteiger charge is 2.23. The van der Waals surface area contributed by atoms with Crippen LogP contribution in [0.25, 0.3) is 0 Å². The normalized spacial score (nSPS) is 16.5. The molecule has 2 N–H and O–H groups in total. The first-order valence-electron chi connectivity index (χ1n) is 9.27. The smallest absolute Gasteiger partial charge is 0.255 e. The lowest BCUT2D eigenvalue weighted by atomic mass is 10.1. The Kier molecular flexibility index (Phi) is 7.26. The molecule has 0 aliphatic carbocycles. The second-order valence-corrected chi connectivity index (χ2v) is 9.44. The van der Waals surface area contributed by atoms with E-state index in [-0.39, 0.29) is 28.1 Å². The molecule has 0 radical (unpaired) electrons. The number of amides is 1. The van der Waals surface area contributed by atoms with Crippen LogP contribution in [0.15, 0.2) is 35.2 Å². The SMILES string of the molecule is COc1cc(Cl)c(C)cc1NC(=O)c1ccc(Cl)c(S(=O)(=O)NCC2CCCO2)c1. The monoisotopic (exact) mass is 472 g/mol. The average molecular weight is 473 g/mol. The van der Waals surface area contributed by atoms with Crippen molar-refractivity contribution in [2.24, 2.45) is 0 Å². The second-order valence-electron chi connectivity index (χ2n) is 6.89. The number of anilines is 1. The first kappa shape index (κ1) is 22.8. The molecule has 30 heavy (non-hydrogen) atoms. The third-order valence-electron chi connectivity index (χ3n) is 4.74. The Hall–Kier alpha value is -1.84. The fraction of sp³-hybridized carbons (Fsp3) is 0.350. The molecule has 1 amide bonds. The van der Waals surface area contributed by atoms with Crippen molar-refractivity contribution >= 4 is 44.8 Å². The number of benzene rings is 2. The molecule has 1 heterocycles. The van der Waals surface area contributed by atoms with E-state index in [4.69, 9.17) is 32.7 Å². The summed E-state index contributed by atoms with van der Waals surface area (Å²) < 4.78 is 38.6. The summed E-state index contributed by atoms with van der Waals surface area (Å²) in [6.07, 6.45) is 1.53. The van der Waals surface area contributed by atoms with E-state index in [1.807, 2.05) is 0 Å². The average Bonchev–Trinajstić information content (AvgIpc) is 3.23. The summed E-state index contributed by atoms with van der Waals surface area (Å²) in [5, 5.41) is 3.24. The molecule has 162 valence electrons. The minimum atomic E-state index is -3.92. The maximum atomic E-state index is 12.8. The molecule has 10 heteroatoms. The Labute approximate surface area is 185 Å². The number of hydrogen-bond acceptors (Lipinski definition) is 5. The fourth-order valence-corrected chi connectivity index (χ4v) is 4.80. The topological polar surface area (TPSA) is 93.7 Å². The molecule has 0 bridgehead atoms. The number of halogens is 2. The van der Waals surface area contributed by atoms with Gasteiger partial charge in [0.2, 0.25) is 10.0 Å². The van der Waals surface area contributed by atoms with Crippen LogP contribution >= 0.6 is 23.2 Å². The molecule has 0 saturated carbocycles. The Balaban J connectivity index is 1.82. The summed E-state index contributed by atoms with van der Waals surface area (Å²) in [7, 11) is -2.45. The Morgan fingerprint density at radius 1 is 1.23 bits per heavy atom. The minimum absolute atomic E-state index is 0.0197. The third-order valence-corrected chi connectivity index (χ3v) is 7.05. The van der Waals surface area contributed by atoms with Crippen LogP contribution in [0, 0.1) is 6.92 Å². The maximum Gasteiger partial charge on any atom is 0.255 e. The van der Waals surface area contributed by atoms with E-state index in [2.05, 4.69) is 10.0 Å². The van der Waals surface area contributed by atoms with Gasteiger partial charge < -0.3 is 14.8 Å². The van der Waals surface area contributed by atoms with Crippen molar-refractivity contribution in [3.8, 4) is 5.75 Å². The highest BCUT2D eigenvalue weighted by atomic mass is 35.5. The van der Waals surface area contributed by atoms with Crippen LogP contribution in [0.5, 0.6) is 5.75 Å². The van der Waals surface area contributed by atoms with Crippen LogP contribution in [-0.4, -0.2) is 40.7 Å². The number of hydrogen-bond donors (Lipinski definition) is 2. The van der Waals surface area contributed by atoms with Gasteiger partial charge in [-0.05, 0) is 49.6 Å². The van der Waals surface area contributed by atoms with E-state index in [9.17, 15) is 13.2 Å². The Bertz CT molecular complexity index is 1050. The Morgan fingerprint density at radius 3 is 2.67 bits per heavy atom. The van der Waals surface area contributed by atoms with E-state index in [0.717, 1.165) is 18.4 Å². The van der Waals surface area contributed by atoms with E-state index in [0.29, 0.717) is 23.1 Å². The zero-order chi connectivity index (χ0) is 21.9. The molecule has 1 atom stereocenters. The number of carbonyl (C=O) groups excluding carboxylic acids is 1. The second kappa shape index (κ2) is 9.53. The minimum Gasteiger partial charge on any atom is -0.495 e.